The lowest BCUT2D eigenvalue weighted by atomic mass is 10.0. The zero-order chi connectivity index (χ0) is 17.3. The lowest BCUT2D eigenvalue weighted by Gasteiger charge is -2.17. The molecule has 0 spiro atoms. The summed E-state index contributed by atoms with van der Waals surface area (Å²) in [7, 11) is 1.52. The first kappa shape index (κ1) is 16.3. The van der Waals surface area contributed by atoms with E-state index >= 15 is 0 Å². The zero-order valence-electron chi connectivity index (χ0n) is 13.0. The van der Waals surface area contributed by atoms with Crippen LogP contribution in [0.15, 0.2) is 28.8 Å². The van der Waals surface area contributed by atoms with E-state index < -0.39 is 0 Å². The van der Waals surface area contributed by atoms with Crippen LogP contribution in [0.5, 0.6) is 5.75 Å². The van der Waals surface area contributed by atoms with E-state index in [2.05, 4.69) is 10.5 Å². The van der Waals surface area contributed by atoms with Crippen LogP contribution in [0.4, 0.5) is 0 Å². The Balaban J connectivity index is 1.72. The van der Waals surface area contributed by atoms with Gasteiger partial charge in [-0.25, -0.2) is 0 Å². The van der Waals surface area contributed by atoms with Crippen LogP contribution in [0.25, 0.3) is 0 Å². The third-order valence-electron chi connectivity index (χ3n) is 4.06. The van der Waals surface area contributed by atoms with Gasteiger partial charge in [0, 0.05) is 32.1 Å². The van der Waals surface area contributed by atoms with E-state index in [-0.39, 0.29) is 34.3 Å². The molecule has 7 nitrogen and oxygen atoms in total. The van der Waals surface area contributed by atoms with Crippen LogP contribution in [0, 0.1) is 0 Å². The summed E-state index contributed by atoms with van der Waals surface area (Å²) >= 11 is 6.03. The van der Waals surface area contributed by atoms with E-state index in [1.54, 1.807) is 11.0 Å². The van der Waals surface area contributed by atoms with Gasteiger partial charge in [0.15, 0.2) is 0 Å². The highest BCUT2D eigenvalue weighted by atomic mass is 35.5. The number of carbonyl (C=O) groups is 2. The fourth-order valence-corrected chi connectivity index (χ4v) is 3.00. The Hall–Kier alpha value is -2.54. The number of aromatic nitrogens is 1. The Morgan fingerprint density at radius 2 is 2.21 bits per heavy atom. The molecule has 0 radical (unpaired) electrons. The van der Waals surface area contributed by atoms with Crippen molar-refractivity contribution in [1.29, 1.82) is 0 Å². The molecule has 1 unspecified atom stereocenters. The molecule has 2 amide bonds. The largest absolute Gasteiger partial charge is 0.508 e. The standard InChI is InChI=1S/C16H16ClN3O4/c1-18-15(22)14-7-13(19-24-14)9-4-5-20(8-9)16(23)11-3-2-10(21)6-12(11)17/h2-3,6-7,9,21H,4-5,8H2,1H3,(H,18,22). The van der Waals surface area contributed by atoms with E-state index in [9.17, 15) is 14.7 Å². The van der Waals surface area contributed by atoms with E-state index in [0.29, 0.717) is 24.3 Å². The van der Waals surface area contributed by atoms with E-state index in [1.807, 2.05) is 0 Å². The third-order valence-corrected chi connectivity index (χ3v) is 4.37. The second kappa shape index (κ2) is 6.52. The van der Waals surface area contributed by atoms with Crippen LogP contribution in [0.3, 0.4) is 0 Å². The number of carbonyl (C=O) groups excluding carboxylic acids is 2. The van der Waals surface area contributed by atoms with E-state index in [4.69, 9.17) is 16.1 Å². The van der Waals surface area contributed by atoms with Gasteiger partial charge in [0.2, 0.25) is 5.76 Å². The summed E-state index contributed by atoms with van der Waals surface area (Å²) in [5.74, 6) is -0.362. The molecule has 0 saturated carbocycles. The highest BCUT2D eigenvalue weighted by Crippen LogP contribution is 2.30. The quantitative estimate of drug-likeness (QED) is 0.883. The van der Waals surface area contributed by atoms with Crippen molar-refractivity contribution in [2.24, 2.45) is 0 Å². The van der Waals surface area contributed by atoms with Crippen LogP contribution in [0.1, 0.15) is 38.9 Å². The van der Waals surface area contributed by atoms with Crippen molar-refractivity contribution in [3.63, 3.8) is 0 Å². The lowest BCUT2D eigenvalue weighted by Crippen LogP contribution is -2.28. The molecule has 0 bridgehead atoms. The smallest absolute Gasteiger partial charge is 0.289 e. The maximum Gasteiger partial charge on any atom is 0.289 e. The Kier molecular flexibility index (Phi) is 4.44. The predicted octanol–water partition coefficient (Wildman–Crippen LogP) is 2.02. The number of likely N-dealkylation sites (tertiary alicyclic amines) is 1. The molecule has 0 aliphatic carbocycles. The first-order valence-electron chi connectivity index (χ1n) is 7.46. The molecule has 1 fully saturated rings. The topological polar surface area (TPSA) is 95.7 Å². The zero-order valence-corrected chi connectivity index (χ0v) is 13.7. The molecule has 1 aliphatic rings. The molecule has 2 heterocycles. The van der Waals surface area contributed by atoms with Crippen LogP contribution >= 0.6 is 11.6 Å². The number of nitrogens with one attached hydrogen (secondary N) is 1. The molecule has 2 N–H and O–H groups in total. The van der Waals surface area contributed by atoms with Crippen LogP contribution < -0.4 is 5.32 Å². The number of phenols is 1. The van der Waals surface area contributed by atoms with E-state index in [1.165, 1.54) is 25.2 Å². The third kappa shape index (κ3) is 3.07. The summed E-state index contributed by atoms with van der Waals surface area (Å²) in [4.78, 5) is 25.8. The maximum absolute atomic E-state index is 12.6. The first-order valence-corrected chi connectivity index (χ1v) is 7.84. The van der Waals surface area contributed by atoms with Gasteiger partial charge in [-0.1, -0.05) is 16.8 Å². The molecular weight excluding hydrogens is 334 g/mol. The van der Waals surface area contributed by atoms with Gasteiger partial charge in [-0.15, -0.1) is 0 Å². The van der Waals surface area contributed by atoms with Crippen molar-refractivity contribution in [3.05, 3.63) is 46.3 Å². The number of hydrogen-bond donors (Lipinski definition) is 2. The normalized spacial score (nSPS) is 17.1. The second-order valence-corrected chi connectivity index (χ2v) is 6.00. The van der Waals surface area contributed by atoms with E-state index in [0.717, 1.165) is 6.42 Å². The summed E-state index contributed by atoms with van der Waals surface area (Å²) in [6.07, 6.45) is 0.723. The van der Waals surface area contributed by atoms with Crippen LogP contribution in [-0.2, 0) is 0 Å². The molecule has 2 aromatic rings. The van der Waals surface area contributed by atoms with Crippen LogP contribution in [0.2, 0.25) is 5.02 Å². The van der Waals surface area contributed by atoms with Crippen molar-refractivity contribution in [2.75, 3.05) is 20.1 Å². The number of amides is 2. The number of halogens is 1. The van der Waals surface area contributed by atoms with Crippen molar-refractivity contribution >= 4 is 23.4 Å². The highest BCUT2D eigenvalue weighted by molar-refractivity contribution is 6.34. The fourth-order valence-electron chi connectivity index (χ4n) is 2.75. The lowest BCUT2D eigenvalue weighted by molar-refractivity contribution is 0.0790. The summed E-state index contributed by atoms with van der Waals surface area (Å²) in [5.41, 5.74) is 1.00. The van der Waals surface area contributed by atoms with Crippen molar-refractivity contribution < 1.29 is 19.2 Å². The van der Waals surface area contributed by atoms with Crippen molar-refractivity contribution in [2.45, 2.75) is 12.3 Å². The minimum atomic E-state index is -0.337. The number of phenolic OH excluding ortho intramolecular Hbond substituents is 1. The molecular formula is C16H16ClN3O4. The SMILES string of the molecule is CNC(=O)c1cc(C2CCN(C(=O)c3ccc(O)cc3Cl)C2)no1. The van der Waals surface area contributed by atoms with Gasteiger partial charge in [0.1, 0.15) is 5.75 Å². The molecule has 8 heteroatoms. The van der Waals surface area contributed by atoms with Gasteiger partial charge in [-0.3, -0.25) is 9.59 Å². The Morgan fingerprint density at radius 3 is 2.92 bits per heavy atom. The van der Waals surface area contributed by atoms with Gasteiger partial charge < -0.3 is 19.8 Å². The monoisotopic (exact) mass is 349 g/mol. The molecule has 1 atom stereocenters. The Labute approximate surface area is 143 Å². The number of aromatic hydroxyl groups is 1. The van der Waals surface area contributed by atoms with Gasteiger partial charge in [0.25, 0.3) is 11.8 Å². The number of rotatable bonds is 3. The molecule has 1 aromatic carbocycles. The Morgan fingerprint density at radius 1 is 1.42 bits per heavy atom. The van der Waals surface area contributed by atoms with Crippen LogP contribution in [-0.4, -0.2) is 47.1 Å². The van der Waals surface area contributed by atoms with Gasteiger partial charge in [0.05, 0.1) is 16.3 Å². The molecule has 3 rings (SSSR count). The number of benzene rings is 1. The average molecular weight is 350 g/mol. The summed E-state index contributed by atoms with van der Waals surface area (Å²) in [5, 5.41) is 16.0. The summed E-state index contributed by atoms with van der Waals surface area (Å²) in [6, 6.07) is 5.88. The molecule has 24 heavy (non-hydrogen) atoms. The minimum absolute atomic E-state index is 0.00648. The minimum Gasteiger partial charge on any atom is -0.508 e. The number of hydrogen-bond acceptors (Lipinski definition) is 5. The molecule has 1 aliphatic heterocycles. The summed E-state index contributed by atoms with van der Waals surface area (Å²) < 4.78 is 5.03. The van der Waals surface area contributed by atoms with Gasteiger partial charge in [-0.05, 0) is 24.6 Å². The molecule has 1 aromatic heterocycles. The van der Waals surface area contributed by atoms with Gasteiger partial charge >= 0.3 is 0 Å². The number of nitrogens with zero attached hydrogens (tertiary/aromatic N) is 2. The van der Waals surface area contributed by atoms with Gasteiger partial charge in [-0.2, -0.15) is 0 Å². The fraction of sp³-hybridized carbons (Fsp3) is 0.312. The summed E-state index contributed by atoms with van der Waals surface area (Å²) in [6.45, 7) is 1.03. The molecule has 1 saturated heterocycles. The maximum atomic E-state index is 12.6. The van der Waals surface area contributed by atoms with Crippen molar-refractivity contribution in [1.82, 2.24) is 15.4 Å². The highest BCUT2D eigenvalue weighted by Gasteiger charge is 2.31. The molecule has 126 valence electrons. The predicted molar refractivity (Wildman–Crippen MR) is 86.3 cm³/mol. The Bertz CT molecular complexity index is 789. The first-order chi connectivity index (χ1) is 11.5. The second-order valence-electron chi connectivity index (χ2n) is 5.60. The van der Waals surface area contributed by atoms with Crippen molar-refractivity contribution in [3.8, 4) is 5.75 Å². The average Bonchev–Trinajstić information content (AvgIpc) is 3.22.